The van der Waals surface area contributed by atoms with E-state index in [0.29, 0.717) is 0 Å². The van der Waals surface area contributed by atoms with Crippen LogP contribution < -0.4 is 0 Å². The standard InChI is InChI=1S/C35H23N3Se/c1-4-14-24(15-5-1)31-29-22-12-13-23-30(29)39-35(31)28-21-11-10-20-27(28)34-32(25-16-6-2-7-17-25)33(36-38-37-34)26-18-8-3-9-19-26/h1-23H. The molecule has 0 bridgehead atoms. The van der Waals surface area contributed by atoms with Crippen molar-refractivity contribution in [3.05, 3.63) is 140 Å². The molecular formula is C35H23N3Se. The molecule has 0 saturated carbocycles. The van der Waals surface area contributed by atoms with E-state index in [4.69, 9.17) is 5.10 Å². The Morgan fingerprint density at radius 1 is 0.410 bits per heavy atom. The first-order valence-corrected chi connectivity index (χ1v) is 14.6. The summed E-state index contributed by atoms with van der Waals surface area (Å²) >= 11 is 0.146. The van der Waals surface area contributed by atoms with E-state index in [-0.39, 0.29) is 14.5 Å². The second-order valence-electron chi connectivity index (χ2n) is 9.31. The molecule has 0 unspecified atom stereocenters. The summed E-state index contributed by atoms with van der Waals surface area (Å²) < 4.78 is 2.77. The molecule has 2 aromatic heterocycles. The Kier molecular flexibility index (Phi) is 6.18. The molecule has 0 saturated heterocycles. The van der Waals surface area contributed by atoms with Crippen molar-refractivity contribution in [1.82, 2.24) is 15.4 Å². The van der Waals surface area contributed by atoms with E-state index in [2.05, 4.69) is 126 Å². The van der Waals surface area contributed by atoms with Gasteiger partial charge in [0, 0.05) is 0 Å². The number of aromatic nitrogens is 3. The van der Waals surface area contributed by atoms with E-state index in [1.54, 1.807) is 0 Å². The molecule has 0 fully saturated rings. The monoisotopic (exact) mass is 565 g/mol. The van der Waals surface area contributed by atoms with Gasteiger partial charge in [-0.25, -0.2) is 0 Å². The second-order valence-corrected chi connectivity index (χ2v) is 11.5. The van der Waals surface area contributed by atoms with Gasteiger partial charge in [-0.3, -0.25) is 0 Å². The van der Waals surface area contributed by atoms with Gasteiger partial charge >= 0.3 is 234 Å². The molecule has 184 valence electrons. The van der Waals surface area contributed by atoms with Gasteiger partial charge in [0.25, 0.3) is 0 Å². The molecule has 3 nitrogen and oxygen atoms in total. The van der Waals surface area contributed by atoms with Gasteiger partial charge in [-0.15, -0.1) is 0 Å². The number of nitrogens with zero attached hydrogens (tertiary/aromatic N) is 3. The van der Waals surface area contributed by atoms with E-state index in [1.807, 2.05) is 24.3 Å². The molecule has 0 radical (unpaired) electrons. The van der Waals surface area contributed by atoms with Crippen molar-refractivity contribution in [2.45, 2.75) is 0 Å². The van der Waals surface area contributed by atoms with Crippen LogP contribution in [-0.2, 0) is 0 Å². The minimum atomic E-state index is 0.146. The zero-order valence-electron chi connectivity index (χ0n) is 21.0. The molecule has 0 atom stereocenters. The van der Waals surface area contributed by atoms with Gasteiger partial charge in [0.1, 0.15) is 0 Å². The van der Waals surface area contributed by atoms with Crippen molar-refractivity contribution in [3.8, 4) is 54.8 Å². The average molecular weight is 565 g/mol. The quantitative estimate of drug-likeness (QED) is 0.197. The van der Waals surface area contributed by atoms with Gasteiger partial charge in [-0.1, -0.05) is 0 Å². The summed E-state index contributed by atoms with van der Waals surface area (Å²) in [6.07, 6.45) is 0. The third-order valence-electron chi connectivity index (χ3n) is 6.96. The zero-order valence-corrected chi connectivity index (χ0v) is 22.7. The third-order valence-corrected chi connectivity index (χ3v) is 9.48. The van der Waals surface area contributed by atoms with Gasteiger partial charge in [0.15, 0.2) is 0 Å². The van der Waals surface area contributed by atoms with Crippen LogP contribution in [0.2, 0.25) is 0 Å². The normalized spacial score (nSPS) is 11.1. The van der Waals surface area contributed by atoms with Crippen molar-refractivity contribution in [2.24, 2.45) is 0 Å². The van der Waals surface area contributed by atoms with E-state index < -0.39 is 0 Å². The van der Waals surface area contributed by atoms with Crippen molar-refractivity contribution < 1.29 is 0 Å². The van der Waals surface area contributed by atoms with Gasteiger partial charge in [-0.2, -0.15) is 0 Å². The van der Waals surface area contributed by atoms with Crippen LogP contribution in [0, 0.1) is 0 Å². The molecule has 0 amide bonds. The summed E-state index contributed by atoms with van der Waals surface area (Å²) in [6.45, 7) is 0. The van der Waals surface area contributed by atoms with Crippen LogP contribution in [0.15, 0.2) is 140 Å². The van der Waals surface area contributed by atoms with E-state index in [9.17, 15) is 0 Å². The number of benzene rings is 5. The fourth-order valence-corrected chi connectivity index (χ4v) is 7.86. The number of rotatable bonds is 5. The predicted molar refractivity (Wildman–Crippen MR) is 161 cm³/mol. The first-order valence-electron chi connectivity index (χ1n) is 12.9. The van der Waals surface area contributed by atoms with Gasteiger partial charge < -0.3 is 0 Å². The molecular weight excluding hydrogens is 541 g/mol. The molecule has 0 N–H and O–H groups in total. The van der Waals surface area contributed by atoms with Gasteiger partial charge in [-0.05, 0) is 0 Å². The molecule has 0 aliphatic rings. The first-order chi connectivity index (χ1) is 19.4. The summed E-state index contributed by atoms with van der Waals surface area (Å²) in [5, 5.41) is 14.9. The van der Waals surface area contributed by atoms with Crippen LogP contribution in [0.5, 0.6) is 0 Å². The molecule has 2 heterocycles. The molecule has 39 heavy (non-hydrogen) atoms. The van der Waals surface area contributed by atoms with Crippen LogP contribution in [0.1, 0.15) is 0 Å². The van der Waals surface area contributed by atoms with Crippen molar-refractivity contribution in [1.29, 1.82) is 0 Å². The summed E-state index contributed by atoms with van der Waals surface area (Å²) in [6, 6.07) is 48.9. The van der Waals surface area contributed by atoms with Gasteiger partial charge in [0.05, 0.1) is 0 Å². The Balaban J connectivity index is 1.53. The fourth-order valence-electron chi connectivity index (χ4n) is 5.20. The van der Waals surface area contributed by atoms with Crippen LogP contribution >= 0.6 is 0 Å². The topological polar surface area (TPSA) is 38.7 Å². The minimum absolute atomic E-state index is 0.146. The molecule has 0 aliphatic heterocycles. The fraction of sp³-hybridized carbons (Fsp3) is 0. The SMILES string of the molecule is c1ccc(-c2nnnc(-c3ccccc3-c3[se]c4ccccc4c3-c3ccccc3)c2-c2ccccc2)cc1. The Morgan fingerprint density at radius 3 is 1.62 bits per heavy atom. The summed E-state index contributed by atoms with van der Waals surface area (Å²) in [4.78, 5) is 0. The van der Waals surface area contributed by atoms with E-state index in [1.165, 1.54) is 30.8 Å². The number of hydrogen-bond donors (Lipinski definition) is 0. The average Bonchev–Trinajstić information content (AvgIpc) is 3.41. The summed E-state index contributed by atoms with van der Waals surface area (Å²) in [7, 11) is 0. The third kappa shape index (κ3) is 4.30. The van der Waals surface area contributed by atoms with Gasteiger partial charge in [0.2, 0.25) is 0 Å². The van der Waals surface area contributed by atoms with Crippen LogP contribution in [0.4, 0.5) is 0 Å². The predicted octanol–water partition coefficient (Wildman–Crippen LogP) is 8.42. The molecule has 4 heteroatoms. The van der Waals surface area contributed by atoms with Crippen molar-refractivity contribution >= 4 is 24.1 Å². The maximum absolute atomic E-state index is 4.71. The van der Waals surface area contributed by atoms with Crippen LogP contribution in [-0.4, -0.2) is 29.9 Å². The maximum atomic E-state index is 4.71. The first kappa shape index (κ1) is 23.5. The number of fused-ring (bicyclic) bond motifs is 1. The Morgan fingerprint density at radius 2 is 0.923 bits per heavy atom. The Labute approximate surface area is 233 Å². The van der Waals surface area contributed by atoms with Crippen molar-refractivity contribution in [2.75, 3.05) is 0 Å². The number of hydrogen-bond acceptors (Lipinski definition) is 3. The molecule has 0 spiro atoms. The zero-order chi connectivity index (χ0) is 26.0. The van der Waals surface area contributed by atoms with Crippen LogP contribution in [0.3, 0.4) is 0 Å². The summed E-state index contributed by atoms with van der Waals surface area (Å²) in [5.41, 5.74) is 9.58. The van der Waals surface area contributed by atoms with Crippen LogP contribution in [0.25, 0.3) is 64.4 Å². The van der Waals surface area contributed by atoms with E-state index in [0.717, 1.165) is 33.6 Å². The van der Waals surface area contributed by atoms with Crippen molar-refractivity contribution in [3.63, 3.8) is 0 Å². The second kappa shape index (κ2) is 10.3. The summed E-state index contributed by atoms with van der Waals surface area (Å²) in [5.74, 6) is 0. The van der Waals surface area contributed by atoms with E-state index >= 15 is 0 Å². The molecule has 0 aliphatic carbocycles. The molecule has 7 aromatic rings. The Hall–Kier alpha value is -4.63. The molecule has 7 rings (SSSR count). The molecule has 5 aromatic carbocycles. The Bertz CT molecular complexity index is 1900.